The van der Waals surface area contributed by atoms with E-state index < -0.39 is 0 Å². The second kappa shape index (κ2) is 8.79. The van der Waals surface area contributed by atoms with E-state index in [0.29, 0.717) is 0 Å². The zero-order chi connectivity index (χ0) is 24.9. The molecule has 0 spiro atoms. The highest BCUT2D eigenvalue weighted by molar-refractivity contribution is 5.95. The molecule has 0 bridgehead atoms. The van der Waals surface area contributed by atoms with Crippen molar-refractivity contribution in [3.05, 3.63) is 107 Å². The molecule has 3 heterocycles. The SMILES string of the molecule is CCc1cccc(CC)c1-n1nc2c(c1-c1cccc3[nH]ccc13)CN(Cc1ccccc1)C2(C)C. The summed E-state index contributed by atoms with van der Waals surface area (Å²) in [5.41, 5.74) is 11.3. The Morgan fingerprint density at radius 1 is 0.861 bits per heavy atom. The molecule has 1 aliphatic heterocycles. The van der Waals surface area contributed by atoms with Gasteiger partial charge in [0.25, 0.3) is 0 Å². The van der Waals surface area contributed by atoms with Crippen molar-refractivity contribution >= 4 is 10.9 Å². The van der Waals surface area contributed by atoms with Crippen LogP contribution in [0.1, 0.15) is 55.6 Å². The highest BCUT2D eigenvalue weighted by atomic mass is 15.3. The average Bonchev–Trinajstić information content (AvgIpc) is 3.58. The van der Waals surface area contributed by atoms with Crippen molar-refractivity contribution in [2.24, 2.45) is 0 Å². The standard InChI is InChI=1S/C32H34N4/c1-5-23-14-10-15-24(6-2)29(23)36-30(26-16-11-17-28-25(26)18-19-33-28)27-21-35(32(3,4)31(27)34-36)20-22-12-8-7-9-13-22/h7-19,33H,5-6,20-21H2,1-4H3. The molecular weight excluding hydrogens is 440 g/mol. The molecule has 4 nitrogen and oxygen atoms in total. The van der Waals surface area contributed by atoms with Crippen LogP contribution in [0.15, 0.2) is 79.0 Å². The van der Waals surface area contributed by atoms with E-state index in [1.54, 1.807) is 0 Å². The summed E-state index contributed by atoms with van der Waals surface area (Å²) in [6, 6.07) is 26.3. The summed E-state index contributed by atoms with van der Waals surface area (Å²) in [7, 11) is 0. The third-order valence-corrected chi connectivity index (χ3v) is 7.95. The van der Waals surface area contributed by atoms with E-state index in [9.17, 15) is 0 Å². The minimum Gasteiger partial charge on any atom is -0.361 e. The number of aromatic nitrogens is 3. The zero-order valence-electron chi connectivity index (χ0n) is 21.7. The highest BCUT2D eigenvalue weighted by Gasteiger charge is 2.43. The van der Waals surface area contributed by atoms with E-state index in [2.05, 4.69) is 115 Å². The van der Waals surface area contributed by atoms with Crippen LogP contribution in [0.2, 0.25) is 0 Å². The molecule has 3 aromatic carbocycles. The van der Waals surface area contributed by atoms with Crippen LogP contribution in [0.25, 0.3) is 27.8 Å². The molecule has 0 unspecified atom stereocenters. The maximum absolute atomic E-state index is 5.46. The summed E-state index contributed by atoms with van der Waals surface area (Å²) in [6.07, 6.45) is 3.99. The maximum Gasteiger partial charge on any atom is 0.0878 e. The van der Waals surface area contributed by atoms with E-state index >= 15 is 0 Å². The third-order valence-electron chi connectivity index (χ3n) is 7.95. The number of aromatic amines is 1. The number of fused-ring (bicyclic) bond motifs is 2. The minimum absolute atomic E-state index is 0.176. The molecule has 0 atom stereocenters. The summed E-state index contributed by atoms with van der Waals surface area (Å²) in [4.78, 5) is 5.98. The van der Waals surface area contributed by atoms with Crippen molar-refractivity contribution in [2.45, 2.75) is 59.2 Å². The van der Waals surface area contributed by atoms with Crippen LogP contribution in [0.4, 0.5) is 0 Å². The van der Waals surface area contributed by atoms with Crippen LogP contribution < -0.4 is 0 Å². The molecule has 0 fully saturated rings. The van der Waals surface area contributed by atoms with Gasteiger partial charge in [0.1, 0.15) is 0 Å². The molecule has 4 heteroatoms. The maximum atomic E-state index is 5.46. The lowest BCUT2D eigenvalue weighted by molar-refractivity contribution is 0.123. The van der Waals surface area contributed by atoms with Gasteiger partial charge in [-0.1, -0.05) is 74.5 Å². The zero-order valence-corrected chi connectivity index (χ0v) is 21.7. The van der Waals surface area contributed by atoms with Gasteiger partial charge in [0.05, 0.1) is 22.6 Å². The van der Waals surface area contributed by atoms with Gasteiger partial charge < -0.3 is 4.98 Å². The molecular formula is C32H34N4. The van der Waals surface area contributed by atoms with Gasteiger partial charge in [0.2, 0.25) is 0 Å². The first kappa shape index (κ1) is 22.8. The number of rotatable bonds is 6. The third kappa shape index (κ3) is 3.51. The summed E-state index contributed by atoms with van der Waals surface area (Å²) in [5.74, 6) is 0. The van der Waals surface area contributed by atoms with Crippen molar-refractivity contribution in [3.63, 3.8) is 0 Å². The van der Waals surface area contributed by atoms with Gasteiger partial charge in [0, 0.05) is 41.3 Å². The van der Waals surface area contributed by atoms with Crippen molar-refractivity contribution in [1.29, 1.82) is 0 Å². The molecule has 2 aromatic heterocycles. The van der Waals surface area contributed by atoms with Crippen LogP contribution in [0.5, 0.6) is 0 Å². The number of hydrogen-bond acceptors (Lipinski definition) is 2. The van der Waals surface area contributed by atoms with E-state index in [1.807, 2.05) is 6.20 Å². The fraction of sp³-hybridized carbons (Fsp3) is 0.281. The summed E-state index contributed by atoms with van der Waals surface area (Å²) >= 11 is 0. The van der Waals surface area contributed by atoms with Gasteiger partial charge >= 0.3 is 0 Å². The normalized spacial score (nSPS) is 15.0. The topological polar surface area (TPSA) is 36.9 Å². The van der Waals surface area contributed by atoms with Crippen molar-refractivity contribution in [1.82, 2.24) is 19.7 Å². The van der Waals surface area contributed by atoms with E-state index in [0.717, 1.165) is 31.4 Å². The minimum atomic E-state index is -0.176. The molecule has 6 rings (SSSR count). The molecule has 0 amide bonds. The number of H-pyrrole nitrogens is 1. The Morgan fingerprint density at radius 3 is 2.31 bits per heavy atom. The molecule has 5 aromatic rings. The van der Waals surface area contributed by atoms with Crippen LogP contribution in [-0.4, -0.2) is 19.7 Å². The molecule has 36 heavy (non-hydrogen) atoms. The van der Waals surface area contributed by atoms with Crippen LogP contribution in [0.3, 0.4) is 0 Å². The van der Waals surface area contributed by atoms with Gasteiger partial charge in [0.15, 0.2) is 0 Å². The van der Waals surface area contributed by atoms with Crippen molar-refractivity contribution in [2.75, 3.05) is 0 Å². The summed E-state index contributed by atoms with van der Waals surface area (Å²) in [5, 5.41) is 6.70. The summed E-state index contributed by atoms with van der Waals surface area (Å²) < 4.78 is 2.28. The second-order valence-corrected chi connectivity index (χ2v) is 10.4. The Bertz CT molecular complexity index is 1520. The van der Waals surface area contributed by atoms with Crippen LogP contribution in [-0.2, 0) is 31.5 Å². The Kier molecular flexibility index (Phi) is 5.57. The number of nitrogens with one attached hydrogen (secondary N) is 1. The first-order chi connectivity index (χ1) is 17.5. The molecule has 182 valence electrons. The largest absolute Gasteiger partial charge is 0.361 e. The van der Waals surface area contributed by atoms with E-state index in [1.165, 1.54) is 50.3 Å². The Balaban J connectivity index is 1.60. The highest BCUT2D eigenvalue weighted by Crippen LogP contribution is 2.46. The number of para-hydroxylation sites is 1. The van der Waals surface area contributed by atoms with Gasteiger partial charge in [-0.25, -0.2) is 4.68 Å². The fourth-order valence-electron chi connectivity index (χ4n) is 5.90. The van der Waals surface area contributed by atoms with Gasteiger partial charge in [-0.15, -0.1) is 0 Å². The first-order valence-electron chi connectivity index (χ1n) is 13.1. The number of aryl methyl sites for hydroxylation is 2. The molecule has 0 saturated heterocycles. The Morgan fingerprint density at radius 2 is 1.58 bits per heavy atom. The molecule has 0 saturated carbocycles. The van der Waals surface area contributed by atoms with E-state index in [4.69, 9.17) is 5.10 Å². The molecule has 0 aliphatic carbocycles. The Hall–Kier alpha value is -3.63. The molecule has 1 N–H and O–H groups in total. The Labute approximate surface area is 213 Å². The average molecular weight is 475 g/mol. The lowest BCUT2D eigenvalue weighted by atomic mass is 9.97. The number of benzene rings is 3. The number of nitrogens with zero attached hydrogens (tertiary/aromatic N) is 3. The van der Waals surface area contributed by atoms with Gasteiger partial charge in [-0.3, -0.25) is 4.90 Å². The fourth-order valence-corrected chi connectivity index (χ4v) is 5.90. The van der Waals surface area contributed by atoms with Gasteiger partial charge in [-0.05, 0) is 55.5 Å². The first-order valence-corrected chi connectivity index (χ1v) is 13.1. The van der Waals surface area contributed by atoms with E-state index in [-0.39, 0.29) is 5.54 Å². The van der Waals surface area contributed by atoms with Crippen LogP contribution in [0, 0.1) is 0 Å². The quantitative estimate of drug-likeness (QED) is 0.278. The second-order valence-electron chi connectivity index (χ2n) is 10.4. The summed E-state index contributed by atoms with van der Waals surface area (Å²) in [6.45, 7) is 10.9. The lowest BCUT2D eigenvalue weighted by Crippen LogP contribution is -2.35. The van der Waals surface area contributed by atoms with Crippen molar-refractivity contribution in [3.8, 4) is 16.9 Å². The van der Waals surface area contributed by atoms with Gasteiger partial charge in [-0.2, -0.15) is 5.10 Å². The lowest BCUT2D eigenvalue weighted by Gasteiger charge is -2.32. The van der Waals surface area contributed by atoms with Crippen LogP contribution >= 0.6 is 0 Å². The molecule has 0 radical (unpaired) electrons. The predicted octanol–water partition coefficient (Wildman–Crippen LogP) is 7.40. The number of hydrogen-bond donors (Lipinski definition) is 1. The predicted molar refractivity (Wildman–Crippen MR) is 148 cm³/mol. The smallest absolute Gasteiger partial charge is 0.0878 e. The monoisotopic (exact) mass is 474 g/mol. The molecule has 1 aliphatic rings. The van der Waals surface area contributed by atoms with Crippen molar-refractivity contribution < 1.29 is 0 Å².